The summed E-state index contributed by atoms with van der Waals surface area (Å²) in [6.45, 7) is 6.74. The number of hydrogen-bond acceptors (Lipinski definition) is 2. The summed E-state index contributed by atoms with van der Waals surface area (Å²) in [6, 6.07) is 22.2. The summed E-state index contributed by atoms with van der Waals surface area (Å²) in [5.41, 5.74) is 7.07. The molecule has 0 aliphatic heterocycles. The van der Waals surface area contributed by atoms with Crippen molar-refractivity contribution in [1.82, 2.24) is 0 Å². The van der Waals surface area contributed by atoms with Crippen LogP contribution in [-0.2, 0) is 5.41 Å². The third-order valence-corrected chi connectivity index (χ3v) is 7.03. The zero-order valence-electron chi connectivity index (χ0n) is 19.2. The number of fused-ring (bicyclic) bond motifs is 3. The van der Waals surface area contributed by atoms with Crippen molar-refractivity contribution in [2.75, 3.05) is 11.9 Å². The van der Waals surface area contributed by atoms with Crippen LogP contribution in [0.5, 0.6) is 0 Å². The van der Waals surface area contributed by atoms with Crippen molar-refractivity contribution < 1.29 is 4.42 Å². The number of rotatable bonds is 3. The number of anilines is 2. The van der Waals surface area contributed by atoms with Crippen LogP contribution in [0.1, 0.15) is 69.9 Å². The summed E-state index contributed by atoms with van der Waals surface area (Å²) in [7, 11) is 2.14. The first-order valence-corrected chi connectivity index (χ1v) is 11.7. The minimum atomic E-state index is 0.0361. The first-order chi connectivity index (χ1) is 14.9. The molecule has 1 aliphatic carbocycles. The van der Waals surface area contributed by atoms with Crippen LogP contribution >= 0.6 is 0 Å². The van der Waals surface area contributed by atoms with Crippen molar-refractivity contribution in [3.63, 3.8) is 0 Å². The van der Waals surface area contributed by atoms with Crippen LogP contribution in [-0.4, -0.2) is 7.05 Å². The van der Waals surface area contributed by atoms with E-state index in [1.807, 2.05) is 0 Å². The average Bonchev–Trinajstić information content (AvgIpc) is 3.17. The van der Waals surface area contributed by atoms with Crippen molar-refractivity contribution in [3.8, 4) is 0 Å². The van der Waals surface area contributed by atoms with Gasteiger partial charge in [0.05, 0.1) is 5.69 Å². The topological polar surface area (TPSA) is 16.4 Å². The highest BCUT2D eigenvalue weighted by Crippen LogP contribution is 2.41. The second-order valence-electron chi connectivity index (χ2n) is 10.2. The van der Waals surface area contributed by atoms with E-state index in [1.54, 1.807) is 0 Å². The molecule has 0 radical (unpaired) electrons. The van der Waals surface area contributed by atoms with Gasteiger partial charge in [-0.15, -0.1) is 0 Å². The van der Waals surface area contributed by atoms with E-state index in [-0.39, 0.29) is 5.41 Å². The summed E-state index contributed by atoms with van der Waals surface area (Å²) in [5, 5.41) is 2.38. The van der Waals surface area contributed by atoms with Gasteiger partial charge in [0, 0.05) is 29.1 Å². The number of furan rings is 1. The van der Waals surface area contributed by atoms with E-state index >= 15 is 0 Å². The van der Waals surface area contributed by atoms with Gasteiger partial charge in [0.2, 0.25) is 0 Å². The summed E-state index contributed by atoms with van der Waals surface area (Å²) >= 11 is 0. The van der Waals surface area contributed by atoms with E-state index in [1.165, 1.54) is 59.7 Å². The molecule has 4 aromatic rings. The van der Waals surface area contributed by atoms with Crippen LogP contribution in [0.3, 0.4) is 0 Å². The molecule has 1 aliphatic rings. The third-order valence-electron chi connectivity index (χ3n) is 7.03. The highest BCUT2D eigenvalue weighted by Gasteiger charge is 2.22. The summed E-state index contributed by atoms with van der Waals surface area (Å²) in [6.07, 6.45) is 6.82. The Morgan fingerprint density at radius 3 is 2.10 bits per heavy atom. The fourth-order valence-electron chi connectivity index (χ4n) is 5.21. The predicted molar refractivity (Wildman–Crippen MR) is 133 cm³/mol. The highest BCUT2D eigenvalue weighted by molar-refractivity contribution is 6.10. The zero-order chi connectivity index (χ0) is 21.6. The van der Waals surface area contributed by atoms with Gasteiger partial charge in [-0.1, -0.05) is 82.5 Å². The minimum absolute atomic E-state index is 0.0361. The van der Waals surface area contributed by atoms with Gasteiger partial charge in [-0.2, -0.15) is 0 Å². The van der Waals surface area contributed by atoms with Crippen molar-refractivity contribution in [2.24, 2.45) is 0 Å². The molecule has 0 atom stereocenters. The standard InChI is InChI=1S/C29H33NO/c1-29(2,3)25-14-8-12-23-24-13-9-15-26(28(24)31-27(23)25)30(4)22-18-16-21(17-19-22)20-10-6-5-7-11-20/h8-9,12-20H,5-7,10-11H2,1-4H3. The van der Waals surface area contributed by atoms with Crippen molar-refractivity contribution in [1.29, 1.82) is 0 Å². The molecule has 1 fully saturated rings. The monoisotopic (exact) mass is 411 g/mol. The fourth-order valence-corrected chi connectivity index (χ4v) is 5.21. The lowest BCUT2D eigenvalue weighted by molar-refractivity contribution is 0.443. The van der Waals surface area contributed by atoms with Gasteiger partial charge in [0.25, 0.3) is 0 Å². The molecule has 0 amide bonds. The Morgan fingerprint density at radius 1 is 0.774 bits per heavy atom. The molecule has 1 aromatic heterocycles. The predicted octanol–water partition coefficient (Wildman–Crippen LogP) is 8.70. The summed E-state index contributed by atoms with van der Waals surface area (Å²) in [5.74, 6) is 0.739. The van der Waals surface area contributed by atoms with Gasteiger partial charge >= 0.3 is 0 Å². The molecule has 0 saturated heterocycles. The molecule has 0 bridgehead atoms. The van der Waals surface area contributed by atoms with E-state index in [0.29, 0.717) is 0 Å². The number of nitrogens with zero attached hydrogens (tertiary/aromatic N) is 1. The van der Waals surface area contributed by atoms with Gasteiger partial charge in [0.15, 0.2) is 5.58 Å². The Bertz CT molecular complexity index is 1200. The zero-order valence-corrected chi connectivity index (χ0v) is 19.2. The molecule has 31 heavy (non-hydrogen) atoms. The van der Waals surface area contributed by atoms with E-state index in [9.17, 15) is 0 Å². The smallest absolute Gasteiger partial charge is 0.159 e. The van der Waals surface area contributed by atoms with Gasteiger partial charge in [-0.3, -0.25) is 0 Å². The lowest BCUT2D eigenvalue weighted by Crippen LogP contribution is -2.11. The first-order valence-electron chi connectivity index (χ1n) is 11.7. The summed E-state index contributed by atoms with van der Waals surface area (Å²) < 4.78 is 6.56. The quantitative estimate of drug-likeness (QED) is 0.335. The van der Waals surface area contributed by atoms with Gasteiger partial charge < -0.3 is 9.32 Å². The van der Waals surface area contributed by atoms with Crippen LogP contribution in [0, 0.1) is 0 Å². The molecule has 160 valence electrons. The third kappa shape index (κ3) is 3.63. The Kier molecular flexibility index (Phi) is 5.04. The van der Waals surface area contributed by atoms with Crippen LogP contribution in [0.4, 0.5) is 11.4 Å². The minimum Gasteiger partial charge on any atom is -0.454 e. The number of benzene rings is 3. The van der Waals surface area contributed by atoms with E-state index < -0.39 is 0 Å². The Morgan fingerprint density at radius 2 is 1.42 bits per heavy atom. The van der Waals surface area contributed by atoms with E-state index in [4.69, 9.17) is 4.42 Å². The lowest BCUT2D eigenvalue weighted by Gasteiger charge is -2.24. The molecule has 5 rings (SSSR count). The molecule has 2 nitrogen and oxygen atoms in total. The maximum absolute atomic E-state index is 6.56. The van der Waals surface area contributed by atoms with Crippen LogP contribution in [0.15, 0.2) is 65.1 Å². The largest absolute Gasteiger partial charge is 0.454 e. The fraction of sp³-hybridized carbons (Fsp3) is 0.379. The summed E-state index contributed by atoms with van der Waals surface area (Å²) in [4.78, 5) is 2.26. The molecule has 3 aromatic carbocycles. The lowest BCUT2D eigenvalue weighted by atomic mass is 9.84. The van der Waals surface area contributed by atoms with Crippen molar-refractivity contribution in [2.45, 2.75) is 64.2 Å². The Balaban J connectivity index is 1.55. The molecule has 0 unspecified atom stereocenters. The molecule has 0 spiro atoms. The molecule has 0 N–H and O–H groups in total. The number of hydrogen-bond donors (Lipinski definition) is 0. The Labute approximate surface area is 185 Å². The molecule has 1 heterocycles. The van der Waals surface area contributed by atoms with Crippen molar-refractivity contribution >= 4 is 33.3 Å². The van der Waals surface area contributed by atoms with Gasteiger partial charge in [-0.25, -0.2) is 0 Å². The van der Waals surface area contributed by atoms with Crippen molar-refractivity contribution in [3.05, 3.63) is 71.8 Å². The maximum atomic E-state index is 6.56. The molecule has 2 heteroatoms. The second-order valence-corrected chi connectivity index (χ2v) is 10.2. The molecular formula is C29H33NO. The Hall–Kier alpha value is -2.74. The first kappa shape index (κ1) is 20.2. The molecular weight excluding hydrogens is 378 g/mol. The average molecular weight is 412 g/mol. The molecule has 1 saturated carbocycles. The van der Waals surface area contributed by atoms with Crippen LogP contribution in [0.2, 0.25) is 0 Å². The van der Waals surface area contributed by atoms with Crippen LogP contribution in [0.25, 0.3) is 21.9 Å². The normalized spacial score (nSPS) is 15.6. The SMILES string of the molecule is CN(c1ccc(C2CCCCC2)cc1)c1cccc2c1oc1c(C(C)(C)C)cccc12. The van der Waals surface area contributed by atoms with Crippen LogP contribution < -0.4 is 4.90 Å². The maximum Gasteiger partial charge on any atom is 0.159 e. The number of para-hydroxylation sites is 2. The highest BCUT2D eigenvalue weighted by atomic mass is 16.3. The van der Waals surface area contributed by atoms with E-state index in [2.05, 4.69) is 93.4 Å². The second kappa shape index (κ2) is 7.75. The van der Waals surface area contributed by atoms with Gasteiger partial charge in [0.1, 0.15) is 5.58 Å². The van der Waals surface area contributed by atoms with Gasteiger partial charge in [-0.05, 0) is 47.9 Å². The van der Waals surface area contributed by atoms with E-state index in [0.717, 1.165) is 22.8 Å².